The minimum absolute atomic E-state index is 0.0840. The van der Waals surface area contributed by atoms with E-state index in [0.29, 0.717) is 18.7 Å². The molecule has 0 spiro atoms. The van der Waals surface area contributed by atoms with Crippen LogP contribution in [0.15, 0.2) is 65.8 Å². The number of benzene rings is 2. The smallest absolute Gasteiger partial charge is 0.309 e. The van der Waals surface area contributed by atoms with Gasteiger partial charge in [-0.3, -0.25) is 9.59 Å². The maximum Gasteiger partial charge on any atom is 0.309 e. The van der Waals surface area contributed by atoms with Crippen molar-refractivity contribution in [3.8, 4) is 5.75 Å². The molecule has 0 atom stereocenters. The maximum absolute atomic E-state index is 12.1. The summed E-state index contributed by atoms with van der Waals surface area (Å²) in [7, 11) is 0. The summed E-state index contributed by atoms with van der Waals surface area (Å²) in [6, 6.07) is 18.9. The van der Waals surface area contributed by atoms with E-state index in [4.69, 9.17) is 9.47 Å². The molecule has 1 amide bonds. The summed E-state index contributed by atoms with van der Waals surface area (Å²) in [5.41, 5.74) is 1.86. The van der Waals surface area contributed by atoms with E-state index in [1.54, 1.807) is 0 Å². The molecule has 0 unspecified atom stereocenters. The zero-order valence-electron chi connectivity index (χ0n) is 14.3. The fourth-order valence-electron chi connectivity index (χ4n) is 2.53. The van der Waals surface area contributed by atoms with Gasteiger partial charge in [0.25, 0.3) is 5.91 Å². The van der Waals surface area contributed by atoms with Crippen molar-refractivity contribution in [3.63, 3.8) is 0 Å². The molecular formula is C20H20N2O4. The minimum Gasteiger partial charge on any atom is -0.493 e. The largest absolute Gasteiger partial charge is 0.493 e. The Morgan fingerprint density at radius 3 is 2.42 bits per heavy atom. The van der Waals surface area contributed by atoms with Crippen LogP contribution in [0.4, 0.5) is 0 Å². The molecule has 0 aromatic heterocycles. The van der Waals surface area contributed by atoms with E-state index in [0.717, 1.165) is 11.3 Å². The lowest BCUT2D eigenvalue weighted by molar-refractivity contribution is -0.152. The van der Waals surface area contributed by atoms with E-state index in [2.05, 4.69) is 5.10 Å². The summed E-state index contributed by atoms with van der Waals surface area (Å²) in [5.74, 6) is -0.106. The first kappa shape index (κ1) is 17.7. The van der Waals surface area contributed by atoms with Crippen molar-refractivity contribution in [2.45, 2.75) is 12.8 Å². The Hall–Kier alpha value is -3.15. The highest BCUT2D eigenvalue weighted by Crippen LogP contribution is 2.14. The van der Waals surface area contributed by atoms with Gasteiger partial charge in [0.15, 0.2) is 6.61 Å². The second-order valence-electron chi connectivity index (χ2n) is 5.75. The number of carbonyl (C=O) groups is 2. The van der Waals surface area contributed by atoms with Gasteiger partial charge in [0.05, 0.1) is 25.3 Å². The summed E-state index contributed by atoms with van der Waals surface area (Å²) in [5, 5.41) is 5.68. The summed E-state index contributed by atoms with van der Waals surface area (Å²) in [4.78, 5) is 23.9. The zero-order valence-corrected chi connectivity index (χ0v) is 14.3. The fourth-order valence-corrected chi connectivity index (χ4v) is 2.53. The van der Waals surface area contributed by atoms with Crippen LogP contribution in [-0.4, -0.2) is 42.4 Å². The number of hydrazone groups is 1. The van der Waals surface area contributed by atoms with Crippen LogP contribution < -0.4 is 4.74 Å². The number of amides is 1. The van der Waals surface area contributed by atoms with Gasteiger partial charge in [-0.2, -0.15) is 5.10 Å². The molecule has 0 radical (unpaired) electrons. The maximum atomic E-state index is 12.1. The summed E-state index contributed by atoms with van der Waals surface area (Å²) < 4.78 is 10.4. The molecular weight excluding hydrogens is 332 g/mol. The SMILES string of the molecule is O=C(CCOc1ccccc1)OCC(=O)N1CCC(c2ccccc2)=N1. The molecule has 2 aromatic carbocycles. The van der Waals surface area contributed by atoms with E-state index in [1.807, 2.05) is 60.7 Å². The van der Waals surface area contributed by atoms with Crippen LogP contribution in [0.1, 0.15) is 18.4 Å². The van der Waals surface area contributed by atoms with Crippen molar-refractivity contribution >= 4 is 17.6 Å². The quantitative estimate of drug-likeness (QED) is 0.719. The molecule has 134 valence electrons. The topological polar surface area (TPSA) is 68.2 Å². The third-order valence-electron chi connectivity index (χ3n) is 3.87. The van der Waals surface area contributed by atoms with Crippen molar-refractivity contribution in [2.24, 2.45) is 5.10 Å². The average molecular weight is 352 g/mol. The number of carbonyl (C=O) groups excluding carboxylic acids is 2. The van der Waals surface area contributed by atoms with Crippen LogP contribution in [0.3, 0.4) is 0 Å². The number of hydrogen-bond acceptors (Lipinski definition) is 5. The van der Waals surface area contributed by atoms with Crippen LogP contribution in [0, 0.1) is 0 Å². The first-order chi connectivity index (χ1) is 12.7. The summed E-state index contributed by atoms with van der Waals surface area (Å²) in [6.07, 6.45) is 0.773. The highest BCUT2D eigenvalue weighted by Gasteiger charge is 2.22. The lowest BCUT2D eigenvalue weighted by Gasteiger charge is -2.11. The Balaban J connectivity index is 1.40. The molecule has 0 bridgehead atoms. The third kappa shape index (κ3) is 4.92. The van der Waals surface area contributed by atoms with E-state index >= 15 is 0 Å². The Kier molecular flexibility index (Phi) is 5.98. The Labute approximate surface area is 152 Å². The Morgan fingerprint density at radius 1 is 1.00 bits per heavy atom. The fraction of sp³-hybridized carbons (Fsp3) is 0.250. The first-order valence-corrected chi connectivity index (χ1v) is 8.49. The van der Waals surface area contributed by atoms with E-state index in [9.17, 15) is 9.59 Å². The highest BCUT2D eigenvalue weighted by atomic mass is 16.5. The molecule has 1 heterocycles. The monoisotopic (exact) mass is 352 g/mol. The second-order valence-corrected chi connectivity index (χ2v) is 5.75. The second kappa shape index (κ2) is 8.80. The predicted octanol–water partition coefficient (Wildman–Crippen LogP) is 2.64. The van der Waals surface area contributed by atoms with E-state index in [1.165, 1.54) is 5.01 Å². The number of rotatable bonds is 7. The number of para-hydroxylation sites is 1. The number of esters is 1. The standard InChI is InChI=1S/C20H20N2O4/c23-19(22-13-11-18(21-22)16-7-3-1-4-8-16)15-26-20(24)12-14-25-17-9-5-2-6-10-17/h1-10H,11-15H2. The van der Waals surface area contributed by atoms with Gasteiger partial charge in [-0.15, -0.1) is 0 Å². The lowest BCUT2D eigenvalue weighted by Crippen LogP contribution is -2.29. The van der Waals surface area contributed by atoms with E-state index in [-0.39, 0.29) is 25.5 Å². The van der Waals surface area contributed by atoms with E-state index < -0.39 is 5.97 Å². The molecule has 0 saturated carbocycles. The molecule has 0 saturated heterocycles. The van der Waals surface area contributed by atoms with Crippen LogP contribution in [0.25, 0.3) is 0 Å². The van der Waals surface area contributed by atoms with Crippen LogP contribution in [0.5, 0.6) is 5.75 Å². The first-order valence-electron chi connectivity index (χ1n) is 8.49. The third-order valence-corrected chi connectivity index (χ3v) is 3.87. The summed E-state index contributed by atoms with van der Waals surface area (Å²) >= 11 is 0. The van der Waals surface area contributed by atoms with Crippen molar-refractivity contribution in [1.29, 1.82) is 0 Å². The van der Waals surface area contributed by atoms with Crippen molar-refractivity contribution in [3.05, 3.63) is 66.2 Å². The Bertz CT molecular complexity index is 775. The Morgan fingerprint density at radius 2 is 1.69 bits per heavy atom. The van der Waals surface area contributed by atoms with Crippen molar-refractivity contribution in [1.82, 2.24) is 5.01 Å². The van der Waals surface area contributed by atoms with Gasteiger partial charge in [0, 0.05) is 6.42 Å². The lowest BCUT2D eigenvalue weighted by atomic mass is 10.1. The minimum atomic E-state index is -0.472. The molecule has 0 aliphatic carbocycles. The van der Waals surface area contributed by atoms with Gasteiger partial charge < -0.3 is 9.47 Å². The number of hydrogen-bond donors (Lipinski definition) is 0. The molecule has 0 N–H and O–H groups in total. The van der Waals surface area contributed by atoms with Gasteiger partial charge in [-0.25, -0.2) is 5.01 Å². The van der Waals surface area contributed by atoms with Crippen molar-refractivity contribution < 1.29 is 19.1 Å². The highest BCUT2D eigenvalue weighted by molar-refractivity contribution is 6.02. The molecule has 6 heteroatoms. The molecule has 26 heavy (non-hydrogen) atoms. The van der Waals surface area contributed by atoms with Crippen molar-refractivity contribution in [2.75, 3.05) is 19.8 Å². The average Bonchev–Trinajstić information content (AvgIpc) is 3.18. The van der Waals surface area contributed by atoms with Gasteiger partial charge in [-0.1, -0.05) is 48.5 Å². The molecule has 1 aliphatic rings. The van der Waals surface area contributed by atoms with Crippen LogP contribution in [-0.2, 0) is 14.3 Å². The van der Waals surface area contributed by atoms with Crippen LogP contribution >= 0.6 is 0 Å². The predicted molar refractivity (Wildman–Crippen MR) is 96.8 cm³/mol. The molecule has 6 nitrogen and oxygen atoms in total. The normalized spacial score (nSPS) is 13.2. The summed E-state index contributed by atoms with van der Waals surface area (Å²) in [6.45, 7) is 0.393. The van der Waals surface area contributed by atoms with Gasteiger partial charge >= 0.3 is 5.97 Å². The van der Waals surface area contributed by atoms with Gasteiger partial charge in [-0.05, 0) is 17.7 Å². The molecule has 0 fully saturated rings. The number of ether oxygens (including phenoxy) is 2. The molecule has 2 aromatic rings. The van der Waals surface area contributed by atoms with Gasteiger partial charge in [0.2, 0.25) is 0 Å². The number of nitrogens with zero attached hydrogens (tertiary/aromatic N) is 2. The molecule has 3 rings (SSSR count). The van der Waals surface area contributed by atoms with Gasteiger partial charge in [0.1, 0.15) is 5.75 Å². The molecule has 1 aliphatic heterocycles. The zero-order chi connectivity index (χ0) is 18.2. The van der Waals surface area contributed by atoms with Crippen LogP contribution in [0.2, 0.25) is 0 Å².